The lowest BCUT2D eigenvalue weighted by atomic mass is 10.3. The molecule has 0 aromatic carbocycles. The molecule has 2 rings (SSSR count). The maximum absolute atomic E-state index is 11.8. The first-order valence-corrected chi connectivity index (χ1v) is 6.39. The molecule has 0 saturated carbocycles. The van der Waals surface area contributed by atoms with Gasteiger partial charge < -0.3 is 15.2 Å². The number of rotatable bonds is 7. The second kappa shape index (κ2) is 7.17. The van der Waals surface area contributed by atoms with Gasteiger partial charge in [0.05, 0.1) is 12.4 Å². The number of hydrogen-bond acceptors (Lipinski definition) is 7. The predicted molar refractivity (Wildman–Crippen MR) is 71.1 cm³/mol. The van der Waals surface area contributed by atoms with E-state index >= 15 is 0 Å². The van der Waals surface area contributed by atoms with Crippen LogP contribution in [0.4, 0.5) is 5.82 Å². The summed E-state index contributed by atoms with van der Waals surface area (Å²) in [5, 5.41) is 9.28. The number of nitrogens with one attached hydrogen (secondary N) is 2. The summed E-state index contributed by atoms with van der Waals surface area (Å²) >= 11 is 0. The van der Waals surface area contributed by atoms with Gasteiger partial charge in [0.15, 0.2) is 6.33 Å². The number of amides is 1. The molecule has 2 aromatic rings. The molecular formula is C12H16N6O2. The molecule has 0 aliphatic heterocycles. The van der Waals surface area contributed by atoms with E-state index in [1.165, 1.54) is 12.5 Å². The van der Waals surface area contributed by atoms with Gasteiger partial charge in [0.25, 0.3) is 5.91 Å². The van der Waals surface area contributed by atoms with Crippen LogP contribution >= 0.6 is 0 Å². The number of hydrogen-bond donors (Lipinski definition) is 2. The molecule has 0 atom stereocenters. The zero-order valence-electron chi connectivity index (χ0n) is 11.2. The lowest BCUT2D eigenvalue weighted by molar-refractivity contribution is 0.0948. The first-order valence-electron chi connectivity index (χ1n) is 6.39. The van der Waals surface area contributed by atoms with Crippen molar-refractivity contribution in [3.8, 4) is 0 Å². The normalized spacial score (nSPS) is 10.2. The van der Waals surface area contributed by atoms with E-state index in [9.17, 15) is 4.79 Å². The third-order valence-electron chi connectivity index (χ3n) is 2.47. The molecule has 20 heavy (non-hydrogen) atoms. The minimum Gasteiger partial charge on any atom is -0.369 e. The molecule has 0 bridgehead atoms. The van der Waals surface area contributed by atoms with Gasteiger partial charge in [-0.25, -0.2) is 9.97 Å². The smallest absolute Gasteiger partial charge is 0.271 e. The topological polar surface area (TPSA) is 106 Å². The van der Waals surface area contributed by atoms with Crippen molar-refractivity contribution in [3.63, 3.8) is 0 Å². The highest BCUT2D eigenvalue weighted by Gasteiger charge is 2.08. The van der Waals surface area contributed by atoms with Crippen LogP contribution in [0.1, 0.15) is 29.7 Å². The van der Waals surface area contributed by atoms with Gasteiger partial charge in [0.1, 0.15) is 11.5 Å². The average Bonchev–Trinajstić information content (AvgIpc) is 2.99. The van der Waals surface area contributed by atoms with E-state index in [2.05, 4.69) is 37.7 Å². The highest BCUT2D eigenvalue weighted by molar-refractivity contribution is 5.91. The van der Waals surface area contributed by atoms with E-state index in [4.69, 9.17) is 4.52 Å². The highest BCUT2D eigenvalue weighted by atomic mass is 16.5. The molecule has 2 aromatic heterocycles. The van der Waals surface area contributed by atoms with Crippen molar-refractivity contribution in [1.82, 2.24) is 25.4 Å². The van der Waals surface area contributed by atoms with Gasteiger partial charge in [-0.3, -0.25) is 4.79 Å². The molecule has 2 heterocycles. The molecule has 0 unspecified atom stereocenters. The van der Waals surface area contributed by atoms with Gasteiger partial charge in [0.2, 0.25) is 5.89 Å². The summed E-state index contributed by atoms with van der Waals surface area (Å²) in [7, 11) is 0. The van der Waals surface area contributed by atoms with Crippen LogP contribution in [0.3, 0.4) is 0 Å². The summed E-state index contributed by atoms with van der Waals surface area (Å²) in [6.45, 7) is 3.29. The highest BCUT2D eigenvalue weighted by Crippen LogP contribution is 2.01. The second-order valence-corrected chi connectivity index (χ2v) is 4.05. The van der Waals surface area contributed by atoms with Gasteiger partial charge in [-0.2, -0.15) is 4.98 Å². The Morgan fingerprint density at radius 2 is 2.15 bits per heavy atom. The molecule has 0 fully saturated rings. The van der Waals surface area contributed by atoms with Crippen molar-refractivity contribution in [2.24, 2.45) is 0 Å². The van der Waals surface area contributed by atoms with Crippen molar-refractivity contribution >= 4 is 11.7 Å². The first-order chi connectivity index (χ1) is 9.79. The number of anilines is 1. The van der Waals surface area contributed by atoms with Crippen LogP contribution in [0.5, 0.6) is 0 Å². The number of carbonyl (C=O) groups excluding carboxylic acids is 1. The summed E-state index contributed by atoms with van der Waals surface area (Å²) in [5.41, 5.74) is 0.276. The zero-order chi connectivity index (χ0) is 14.2. The summed E-state index contributed by atoms with van der Waals surface area (Å²) in [5.74, 6) is 0.865. The fourth-order valence-corrected chi connectivity index (χ4v) is 1.47. The predicted octanol–water partition coefficient (Wildman–Crippen LogP) is 0.654. The summed E-state index contributed by atoms with van der Waals surface area (Å²) in [4.78, 5) is 23.8. The number of carbonyl (C=O) groups is 1. The summed E-state index contributed by atoms with van der Waals surface area (Å²) in [6, 6.07) is 0. The molecule has 0 aliphatic rings. The van der Waals surface area contributed by atoms with Crippen LogP contribution in [0, 0.1) is 0 Å². The molecule has 0 aliphatic carbocycles. The molecule has 0 radical (unpaired) electrons. The average molecular weight is 276 g/mol. The Morgan fingerprint density at radius 3 is 2.80 bits per heavy atom. The standard InChI is InChI=1S/C12H16N6O2/c1-2-4-13-10-7-15-9(6-16-10)12(19)14-5-3-11-17-8-18-20-11/h6-8H,2-5H2,1H3,(H,13,16)(H,14,19). The van der Waals surface area contributed by atoms with Gasteiger partial charge >= 0.3 is 0 Å². The lowest BCUT2D eigenvalue weighted by Crippen LogP contribution is -2.26. The Bertz CT molecular complexity index is 525. The lowest BCUT2D eigenvalue weighted by Gasteiger charge is -2.05. The maximum atomic E-state index is 11.8. The van der Waals surface area contributed by atoms with Crippen LogP contribution < -0.4 is 10.6 Å². The van der Waals surface area contributed by atoms with Crippen molar-refractivity contribution in [2.75, 3.05) is 18.4 Å². The van der Waals surface area contributed by atoms with Crippen molar-refractivity contribution in [2.45, 2.75) is 19.8 Å². The van der Waals surface area contributed by atoms with Crippen LogP contribution in [0.15, 0.2) is 23.2 Å². The Balaban J connectivity index is 1.79. The van der Waals surface area contributed by atoms with Gasteiger partial charge in [0, 0.05) is 19.5 Å². The Morgan fingerprint density at radius 1 is 1.25 bits per heavy atom. The SMILES string of the molecule is CCCNc1cnc(C(=O)NCCc2ncno2)cn1. The quantitative estimate of drug-likeness (QED) is 0.764. The van der Waals surface area contributed by atoms with Crippen molar-refractivity contribution in [1.29, 1.82) is 0 Å². The van der Waals surface area contributed by atoms with E-state index in [0.717, 1.165) is 13.0 Å². The second-order valence-electron chi connectivity index (χ2n) is 4.05. The van der Waals surface area contributed by atoms with Crippen LogP contribution in [0.2, 0.25) is 0 Å². The molecule has 8 heteroatoms. The molecule has 0 spiro atoms. The monoisotopic (exact) mass is 276 g/mol. The van der Waals surface area contributed by atoms with Crippen molar-refractivity contribution in [3.05, 3.63) is 30.3 Å². The van der Waals surface area contributed by atoms with Crippen LogP contribution in [-0.4, -0.2) is 39.1 Å². The molecule has 8 nitrogen and oxygen atoms in total. The molecule has 1 amide bonds. The van der Waals surface area contributed by atoms with E-state index < -0.39 is 0 Å². The van der Waals surface area contributed by atoms with E-state index in [-0.39, 0.29) is 11.6 Å². The molecule has 106 valence electrons. The van der Waals surface area contributed by atoms with Crippen LogP contribution in [-0.2, 0) is 6.42 Å². The maximum Gasteiger partial charge on any atom is 0.271 e. The molecular weight excluding hydrogens is 260 g/mol. The van der Waals surface area contributed by atoms with Crippen molar-refractivity contribution < 1.29 is 9.32 Å². The summed E-state index contributed by atoms with van der Waals surface area (Å²) < 4.78 is 4.83. The summed E-state index contributed by atoms with van der Waals surface area (Å²) in [6.07, 6.45) is 5.79. The zero-order valence-corrected chi connectivity index (χ0v) is 11.2. The van der Waals surface area contributed by atoms with Gasteiger partial charge in [-0.1, -0.05) is 12.1 Å². The Labute approximate surface area is 116 Å². The largest absolute Gasteiger partial charge is 0.369 e. The van der Waals surface area contributed by atoms with Crippen LogP contribution in [0.25, 0.3) is 0 Å². The third kappa shape index (κ3) is 4.01. The Hall–Kier alpha value is -2.51. The fourth-order valence-electron chi connectivity index (χ4n) is 1.47. The Kier molecular flexibility index (Phi) is 4.99. The molecule has 0 saturated heterocycles. The van der Waals surface area contributed by atoms with E-state index in [0.29, 0.717) is 24.7 Å². The number of aromatic nitrogens is 4. The fraction of sp³-hybridized carbons (Fsp3) is 0.417. The van der Waals surface area contributed by atoms with E-state index in [1.54, 1.807) is 6.20 Å². The molecule has 2 N–H and O–H groups in total. The minimum absolute atomic E-state index is 0.276. The minimum atomic E-state index is -0.279. The van der Waals surface area contributed by atoms with Gasteiger partial charge in [-0.05, 0) is 6.42 Å². The van der Waals surface area contributed by atoms with Gasteiger partial charge in [-0.15, -0.1) is 0 Å². The number of nitrogens with zero attached hydrogens (tertiary/aromatic N) is 4. The van der Waals surface area contributed by atoms with E-state index in [1.807, 2.05) is 0 Å². The first kappa shape index (κ1) is 13.9. The third-order valence-corrected chi connectivity index (χ3v) is 2.47.